The highest BCUT2D eigenvalue weighted by Gasteiger charge is 2.32. The number of nitrogens with one attached hydrogen (secondary N) is 1. The van der Waals surface area contributed by atoms with E-state index in [9.17, 15) is 4.79 Å². The average molecular weight is 583 g/mol. The van der Waals surface area contributed by atoms with Gasteiger partial charge < -0.3 is 15.0 Å². The Kier molecular flexibility index (Phi) is 9.81. The number of carbonyl (C=O) groups excluding carboxylic acids is 1. The number of ether oxygens (including phenoxy) is 1. The zero-order chi connectivity index (χ0) is 27.9. The third-order valence-corrected chi connectivity index (χ3v) is 8.34. The molecule has 9 heteroatoms. The number of anilines is 1. The molecule has 0 bridgehead atoms. The Morgan fingerprint density at radius 1 is 1.02 bits per heavy atom. The van der Waals surface area contributed by atoms with Crippen LogP contribution in [-0.4, -0.2) is 78.7 Å². The van der Waals surface area contributed by atoms with Crippen molar-refractivity contribution in [2.75, 3.05) is 50.8 Å². The Balaban J connectivity index is 1.08. The number of aromatic nitrogens is 1. The lowest BCUT2D eigenvalue weighted by molar-refractivity contribution is 0.0904. The summed E-state index contributed by atoms with van der Waals surface area (Å²) in [6.07, 6.45) is 3.98. The van der Waals surface area contributed by atoms with Crippen molar-refractivity contribution in [1.82, 2.24) is 20.1 Å². The molecule has 1 aromatic heterocycles. The van der Waals surface area contributed by atoms with Crippen LogP contribution in [0.15, 0.2) is 66.9 Å². The van der Waals surface area contributed by atoms with Gasteiger partial charge in [-0.05, 0) is 68.8 Å². The lowest BCUT2D eigenvalue weighted by Gasteiger charge is -2.46. The van der Waals surface area contributed by atoms with Gasteiger partial charge in [-0.3, -0.25) is 14.6 Å². The Morgan fingerprint density at radius 3 is 2.48 bits per heavy atom. The summed E-state index contributed by atoms with van der Waals surface area (Å²) in [5, 5.41) is 4.16. The number of carbonyl (C=O) groups is 1. The molecule has 0 spiro atoms. The summed E-state index contributed by atoms with van der Waals surface area (Å²) in [5.41, 5.74) is 1.76. The van der Waals surface area contributed by atoms with E-state index >= 15 is 0 Å². The normalized spacial score (nSPS) is 19.0. The summed E-state index contributed by atoms with van der Waals surface area (Å²) in [6.45, 7) is 9.03. The second-order valence-electron chi connectivity index (χ2n) is 10.6. The predicted octanol–water partition coefficient (Wildman–Crippen LogP) is 5.37. The summed E-state index contributed by atoms with van der Waals surface area (Å²) in [4.78, 5) is 24.7. The van der Waals surface area contributed by atoms with Gasteiger partial charge in [0.2, 0.25) is 0 Å². The second-order valence-corrected chi connectivity index (χ2v) is 11.5. The van der Waals surface area contributed by atoms with E-state index in [1.165, 1.54) is 18.4 Å². The molecule has 1 atom stereocenters. The number of benzene rings is 2. The zero-order valence-electron chi connectivity index (χ0n) is 22.9. The van der Waals surface area contributed by atoms with E-state index in [1.807, 2.05) is 42.5 Å². The molecule has 2 saturated heterocycles. The SMILES string of the molecule is CC1CN(C2CCN(Cc3ccc(Cl)cc3)CC2)CCN1c1ncc(C(=O)NCCOc2ccccc2)cc1Cl. The van der Waals surface area contributed by atoms with Gasteiger partial charge in [-0.15, -0.1) is 0 Å². The van der Waals surface area contributed by atoms with Gasteiger partial charge in [0, 0.05) is 49.5 Å². The molecule has 40 heavy (non-hydrogen) atoms. The van der Waals surface area contributed by atoms with Crippen molar-refractivity contribution in [2.45, 2.75) is 38.4 Å². The first-order chi connectivity index (χ1) is 19.5. The summed E-state index contributed by atoms with van der Waals surface area (Å²) in [6, 6.07) is 20.3. The van der Waals surface area contributed by atoms with Gasteiger partial charge in [-0.25, -0.2) is 4.98 Å². The molecule has 1 N–H and O–H groups in total. The fourth-order valence-electron chi connectivity index (χ4n) is 5.64. The van der Waals surface area contributed by atoms with Crippen LogP contribution in [0.5, 0.6) is 5.75 Å². The largest absolute Gasteiger partial charge is 0.492 e. The highest BCUT2D eigenvalue weighted by Crippen LogP contribution is 2.29. The average Bonchev–Trinajstić information content (AvgIpc) is 2.97. The van der Waals surface area contributed by atoms with E-state index in [2.05, 4.69) is 44.1 Å². The van der Waals surface area contributed by atoms with E-state index in [1.54, 1.807) is 12.3 Å². The highest BCUT2D eigenvalue weighted by molar-refractivity contribution is 6.33. The lowest BCUT2D eigenvalue weighted by Crippen LogP contribution is -2.57. The van der Waals surface area contributed by atoms with Crippen LogP contribution in [0.25, 0.3) is 0 Å². The topological polar surface area (TPSA) is 60.9 Å². The first-order valence-corrected chi connectivity index (χ1v) is 14.8. The number of halogens is 2. The van der Waals surface area contributed by atoms with Crippen molar-refractivity contribution in [1.29, 1.82) is 0 Å². The van der Waals surface area contributed by atoms with Gasteiger partial charge in [0.1, 0.15) is 18.2 Å². The van der Waals surface area contributed by atoms with Gasteiger partial charge in [-0.2, -0.15) is 0 Å². The quantitative estimate of drug-likeness (QED) is 0.343. The Bertz CT molecular complexity index is 1250. The fraction of sp³-hybridized carbons (Fsp3) is 0.419. The molecule has 1 amide bonds. The molecule has 1 unspecified atom stereocenters. The number of nitrogens with zero attached hydrogens (tertiary/aromatic N) is 4. The van der Waals surface area contributed by atoms with Gasteiger partial charge in [0.05, 0.1) is 17.1 Å². The zero-order valence-corrected chi connectivity index (χ0v) is 24.4. The van der Waals surface area contributed by atoms with Crippen LogP contribution in [0.4, 0.5) is 5.82 Å². The van der Waals surface area contributed by atoms with Crippen LogP contribution < -0.4 is 15.0 Å². The summed E-state index contributed by atoms with van der Waals surface area (Å²) < 4.78 is 5.64. The molecule has 2 aliphatic heterocycles. The Morgan fingerprint density at radius 2 is 1.77 bits per heavy atom. The molecule has 212 valence electrons. The standard InChI is InChI=1S/C31H37Cl2N5O2/c1-23-21-37(27-11-14-36(15-12-27)22-24-7-9-26(32)10-8-24)16-17-38(23)30-29(33)19-25(20-35-30)31(39)34-13-18-40-28-5-3-2-4-6-28/h2-10,19-20,23,27H,11-18,21-22H2,1H3,(H,34,39). The van der Waals surface area contributed by atoms with Gasteiger partial charge >= 0.3 is 0 Å². The maximum absolute atomic E-state index is 12.6. The van der Waals surface area contributed by atoms with Crippen molar-refractivity contribution in [3.8, 4) is 5.75 Å². The molecule has 2 fully saturated rings. The van der Waals surface area contributed by atoms with Gasteiger partial charge in [-0.1, -0.05) is 53.5 Å². The van der Waals surface area contributed by atoms with Crippen LogP contribution in [0, 0.1) is 0 Å². The molecule has 5 rings (SSSR count). The lowest BCUT2D eigenvalue weighted by atomic mass is 10.00. The second kappa shape index (κ2) is 13.7. The highest BCUT2D eigenvalue weighted by atomic mass is 35.5. The molecule has 0 saturated carbocycles. The van der Waals surface area contributed by atoms with Gasteiger partial charge in [0.25, 0.3) is 5.91 Å². The van der Waals surface area contributed by atoms with E-state index in [0.717, 1.165) is 55.9 Å². The summed E-state index contributed by atoms with van der Waals surface area (Å²) in [7, 11) is 0. The monoisotopic (exact) mass is 581 g/mol. The van der Waals surface area contributed by atoms with Crippen molar-refractivity contribution < 1.29 is 9.53 Å². The van der Waals surface area contributed by atoms with Crippen molar-refractivity contribution in [3.63, 3.8) is 0 Å². The van der Waals surface area contributed by atoms with E-state index in [4.69, 9.17) is 27.9 Å². The Hall–Kier alpha value is -2.84. The predicted molar refractivity (Wildman–Crippen MR) is 162 cm³/mol. The Labute approximate surface area is 247 Å². The molecule has 2 aromatic carbocycles. The third-order valence-electron chi connectivity index (χ3n) is 7.81. The van der Waals surface area contributed by atoms with Crippen molar-refractivity contribution >= 4 is 34.9 Å². The van der Waals surface area contributed by atoms with Crippen molar-refractivity contribution in [3.05, 3.63) is 88.0 Å². The minimum absolute atomic E-state index is 0.210. The molecule has 7 nitrogen and oxygen atoms in total. The van der Waals surface area contributed by atoms with Crippen LogP contribution in [0.2, 0.25) is 10.0 Å². The minimum atomic E-state index is -0.210. The molecular formula is C31H37Cl2N5O2. The number of hydrogen-bond acceptors (Lipinski definition) is 6. The molecule has 3 heterocycles. The summed E-state index contributed by atoms with van der Waals surface area (Å²) >= 11 is 12.7. The first kappa shape index (κ1) is 28.7. The smallest absolute Gasteiger partial charge is 0.253 e. The number of piperidine rings is 1. The maximum atomic E-state index is 12.6. The van der Waals surface area contributed by atoms with Crippen LogP contribution in [0.3, 0.4) is 0 Å². The van der Waals surface area contributed by atoms with Crippen LogP contribution in [0.1, 0.15) is 35.7 Å². The maximum Gasteiger partial charge on any atom is 0.253 e. The molecule has 2 aliphatic rings. The molecule has 0 radical (unpaired) electrons. The number of rotatable bonds is 9. The number of likely N-dealkylation sites (tertiary alicyclic amines) is 1. The van der Waals surface area contributed by atoms with Crippen molar-refractivity contribution in [2.24, 2.45) is 0 Å². The number of para-hydroxylation sites is 1. The summed E-state index contributed by atoms with van der Waals surface area (Å²) in [5.74, 6) is 1.31. The minimum Gasteiger partial charge on any atom is -0.492 e. The number of piperazine rings is 1. The van der Waals surface area contributed by atoms with Crippen LogP contribution in [-0.2, 0) is 6.54 Å². The molecular weight excluding hydrogens is 545 g/mol. The molecule has 0 aliphatic carbocycles. The number of pyridine rings is 1. The fourth-order valence-corrected chi connectivity index (χ4v) is 6.04. The third kappa shape index (κ3) is 7.46. The first-order valence-electron chi connectivity index (χ1n) is 14.1. The number of amides is 1. The molecule has 3 aromatic rings. The van der Waals surface area contributed by atoms with E-state index < -0.39 is 0 Å². The van der Waals surface area contributed by atoms with E-state index in [0.29, 0.717) is 29.8 Å². The van der Waals surface area contributed by atoms with Crippen LogP contribution >= 0.6 is 23.2 Å². The number of hydrogen-bond donors (Lipinski definition) is 1. The van der Waals surface area contributed by atoms with Gasteiger partial charge in [0.15, 0.2) is 0 Å². The van der Waals surface area contributed by atoms with E-state index in [-0.39, 0.29) is 11.9 Å².